The lowest BCUT2D eigenvalue weighted by Gasteiger charge is -2.47. The summed E-state index contributed by atoms with van der Waals surface area (Å²) < 4.78 is 2.19. The number of rotatable bonds is 7. The van der Waals surface area contributed by atoms with Crippen LogP contribution >= 0.6 is 15.9 Å². The van der Waals surface area contributed by atoms with Crippen molar-refractivity contribution in [3.05, 3.63) is 59.9 Å². The van der Waals surface area contributed by atoms with E-state index in [1.54, 1.807) is 0 Å². The lowest BCUT2D eigenvalue weighted by atomic mass is 9.58. The highest BCUT2D eigenvalue weighted by molar-refractivity contribution is 9.10. The van der Waals surface area contributed by atoms with Crippen molar-refractivity contribution < 1.29 is 14.7 Å². The average molecular weight is 550 g/mol. The van der Waals surface area contributed by atoms with Gasteiger partial charge in [-0.3, -0.25) is 14.4 Å². The number of fused-ring (bicyclic) bond motifs is 1. The van der Waals surface area contributed by atoms with Crippen molar-refractivity contribution in [2.75, 3.05) is 0 Å². The Morgan fingerprint density at radius 3 is 2.56 bits per heavy atom. The number of carboxylic acid groups (broad SMARTS) is 1. The number of carbonyl (C=O) groups is 2. The molecule has 2 aliphatic rings. The molecule has 2 saturated carbocycles. The summed E-state index contributed by atoms with van der Waals surface area (Å²) in [6.07, 6.45) is 7.70. The van der Waals surface area contributed by atoms with Crippen molar-refractivity contribution in [1.82, 2.24) is 9.55 Å². The van der Waals surface area contributed by atoms with Crippen molar-refractivity contribution in [2.45, 2.75) is 69.7 Å². The molecular weight excluding hydrogens is 518 g/mol. The second kappa shape index (κ2) is 9.92. The Kier molecular flexibility index (Phi) is 6.86. The van der Waals surface area contributed by atoms with Gasteiger partial charge < -0.3 is 5.11 Å². The van der Waals surface area contributed by atoms with Gasteiger partial charge in [0, 0.05) is 35.1 Å². The molecule has 1 unspecified atom stereocenters. The summed E-state index contributed by atoms with van der Waals surface area (Å²) in [6, 6.07) is 13.3. The number of carboxylic acids is 1. The summed E-state index contributed by atoms with van der Waals surface area (Å²) in [5, 5.41) is 11.1. The molecule has 0 saturated heterocycles. The van der Waals surface area contributed by atoms with Crippen LogP contribution in [0.2, 0.25) is 0 Å². The quantitative estimate of drug-likeness (QED) is 0.368. The number of aliphatic carboxylic acids is 1. The highest BCUT2D eigenvalue weighted by Gasteiger charge is 2.58. The molecule has 0 radical (unpaired) electrons. The van der Waals surface area contributed by atoms with Gasteiger partial charge in [-0.1, -0.05) is 61.2 Å². The Morgan fingerprint density at radius 2 is 1.89 bits per heavy atom. The number of nitrogens with zero attached hydrogens (tertiary/aromatic N) is 3. The van der Waals surface area contributed by atoms with Crippen LogP contribution in [0.15, 0.2) is 53.7 Å². The van der Waals surface area contributed by atoms with E-state index < -0.39 is 22.3 Å². The number of carbonyl (C=O) groups excluding carboxylic acids is 1. The smallest absolute Gasteiger partial charge is 0.328 e. The topological polar surface area (TPSA) is 84.5 Å². The van der Waals surface area contributed by atoms with E-state index in [4.69, 9.17) is 0 Å². The molecule has 7 heteroatoms. The van der Waals surface area contributed by atoms with E-state index in [-0.39, 0.29) is 12.2 Å². The lowest BCUT2D eigenvalue weighted by molar-refractivity contribution is -0.138. The van der Waals surface area contributed by atoms with Gasteiger partial charge in [-0.15, -0.1) is 0 Å². The molecule has 3 aromatic rings. The highest BCUT2D eigenvalue weighted by atomic mass is 79.9. The van der Waals surface area contributed by atoms with Gasteiger partial charge >= 0.3 is 5.97 Å². The third kappa shape index (κ3) is 4.42. The first kappa shape index (κ1) is 24.9. The molecular formula is C29H32BrN3O3. The number of alkyl halides is 1. The maximum atomic E-state index is 12.7. The Balaban J connectivity index is 1.42. The average Bonchev–Trinajstić information content (AvgIpc) is 3.23. The van der Waals surface area contributed by atoms with Gasteiger partial charge in [0.2, 0.25) is 0 Å². The molecule has 0 amide bonds. The van der Waals surface area contributed by atoms with Crippen LogP contribution in [-0.4, -0.2) is 43.0 Å². The fourth-order valence-electron chi connectivity index (χ4n) is 5.81. The molecule has 1 N–H and O–H groups in total. The van der Waals surface area contributed by atoms with Crippen LogP contribution in [-0.2, 0) is 22.4 Å². The minimum atomic E-state index is -0.962. The van der Waals surface area contributed by atoms with E-state index in [0.717, 1.165) is 66.5 Å². The predicted molar refractivity (Wildman–Crippen MR) is 145 cm³/mol. The largest absolute Gasteiger partial charge is 0.480 e. The summed E-state index contributed by atoms with van der Waals surface area (Å²) in [5.74, 6) is -0.289. The predicted octanol–water partition coefficient (Wildman–Crippen LogP) is 5.96. The molecule has 5 rings (SSSR count). The minimum Gasteiger partial charge on any atom is -0.480 e. The first-order chi connectivity index (χ1) is 17.3. The summed E-state index contributed by atoms with van der Waals surface area (Å²) >= 11 is 3.46. The molecule has 2 aliphatic carbocycles. The zero-order valence-electron chi connectivity index (χ0n) is 20.8. The number of ketones is 1. The van der Waals surface area contributed by atoms with Crippen LogP contribution in [0.4, 0.5) is 0 Å². The zero-order chi connectivity index (χ0) is 25.4. The summed E-state index contributed by atoms with van der Waals surface area (Å²) in [4.78, 5) is 33.7. The molecule has 2 aromatic heterocycles. The van der Waals surface area contributed by atoms with Crippen LogP contribution in [0, 0.1) is 11.3 Å². The van der Waals surface area contributed by atoms with Gasteiger partial charge in [0.05, 0.1) is 5.41 Å². The number of pyridine rings is 1. The molecule has 2 atom stereocenters. The van der Waals surface area contributed by atoms with Gasteiger partial charge in [0.25, 0.3) is 0 Å². The Labute approximate surface area is 220 Å². The molecule has 6 nitrogen and oxygen atoms in total. The number of aliphatic imine (C=N–C) groups is 1. The molecule has 1 spiro atoms. The van der Waals surface area contributed by atoms with Crippen molar-refractivity contribution in [3.8, 4) is 5.69 Å². The molecule has 2 heterocycles. The number of hydrogen-bond acceptors (Lipinski definition) is 4. The maximum absolute atomic E-state index is 12.7. The monoisotopic (exact) mass is 549 g/mol. The van der Waals surface area contributed by atoms with Crippen LogP contribution < -0.4 is 0 Å². The molecule has 0 bridgehead atoms. The van der Waals surface area contributed by atoms with Gasteiger partial charge in [0.1, 0.15) is 10.5 Å². The van der Waals surface area contributed by atoms with Crippen LogP contribution in [0.5, 0.6) is 0 Å². The second-order valence-electron chi connectivity index (χ2n) is 10.6. The molecule has 2 fully saturated rings. The Bertz CT molecular complexity index is 1320. The molecule has 1 aromatic carbocycles. The number of aromatic nitrogens is 2. The number of halogens is 1. The molecule has 36 heavy (non-hydrogen) atoms. The van der Waals surface area contributed by atoms with E-state index in [2.05, 4.69) is 56.5 Å². The first-order valence-electron chi connectivity index (χ1n) is 12.8. The van der Waals surface area contributed by atoms with Gasteiger partial charge in [-0.2, -0.15) is 0 Å². The Morgan fingerprint density at radius 1 is 1.17 bits per heavy atom. The van der Waals surface area contributed by atoms with Crippen LogP contribution in [0.1, 0.15) is 57.2 Å². The van der Waals surface area contributed by atoms with Crippen molar-refractivity contribution in [3.63, 3.8) is 0 Å². The minimum absolute atomic E-state index is 0.166. The third-order valence-corrected chi connectivity index (χ3v) is 8.45. The number of benzene rings is 1. The van der Waals surface area contributed by atoms with Gasteiger partial charge in [-0.05, 0) is 61.1 Å². The molecule has 188 valence electrons. The standard InChI is InChI=1S/C29H32BrN3O3/c1-18(2)15-22-17-20-7-6-14-31-27(20)33(22)21-10-8-19(9-11-21)16-23(28(35)36)32-25-24(30)26(34)29(25)12-4-3-5-13-29/h6-11,14,17-18,23-24H,3-5,12-13,15-16H2,1-2H3,(H,35,36)/t23-,24?/m0/s1. The van der Waals surface area contributed by atoms with E-state index in [1.165, 1.54) is 5.69 Å². The van der Waals surface area contributed by atoms with Gasteiger partial charge in [-0.25, -0.2) is 9.78 Å². The summed E-state index contributed by atoms with van der Waals surface area (Å²) in [5.41, 5.74) is 4.23. The Hall–Kier alpha value is -2.80. The van der Waals surface area contributed by atoms with E-state index in [1.807, 2.05) is 36.5 Å². The number of hydrogen-bond donors (Lipinski definition) is 1. The summed E-state index contributed by atoms with van der Waals surface area (Å²) in [6.45, 7) is 4.41. The fourth-order valence-corrected chi connectivity index (χ4v) is 6.81. The van der Waals surface area contributed by atoms with Crippen molar-refractivity contribution in [2.24, 2.45) is 16.3 Å². The lowest BCUT2D eigenvalue weighted by Crippen LogP contribution is -2.61. The van der Waals surface area contributed by atoms with E-state index >= 15 is 0 Å². The normalized spacial score (nSPS) is 21.3. The molecule has 0 aliphatic heterocycles. The maximum Gasteiger partial charge on any atom is 0.328 e. The first-order valence-corrected chi connectivity index (χ1v) is 13.8. The van der Waals surface area contributed by atoms with Crippen molar-refractivity contribution >= 4 is 44.4 Å². The number of Topliss-reactive ketones (excluding diaryl/α,β-unsaturated/α-hetero) is 1. The van der Waals surface area contributed by atoms with E-state index in [9.17, 15) is 14.7 Å². The van der Waals surface area contributed by atoms with Crippen LogP contribution in [0.3, 0.4) is 0 Å². The van der Waals surface area contributed by atoms with Gasteiger partial charge in [0.15, 0.2) is 11.8 Å². The second-order valence-corrected chi connectivity index (χ2v) is 11.5. The van der Waals surface area contributed by atoms with Crippen molar-refractivity contribution in [1.29, 1.82) is 0 Å². The fraction of sp³-hybridized carbons (Fsp3) is 0.448. The van der Waals surface area contributed by atoms with E-state index in [0.29, 0.717) is 5.92 Å². The third-order valence-electron chi connectivity index (χ3n) is 7.60. The SMILES string of the molecule is CC(C)Cc1cc2cccnc2n1-c1ccc(C[C@H](N=C2C(Br)C(=O)C23CCCCC3)C(=O)O)cc1. The zero-order valence-corrected chi connectivity index (χ0v) is 22.4. The summed E-state index contributed by atoms with van der Waals surface area (Å²) in [7, 11) is 0. The highest BCUT2D eigenvalue weighted by Crippen LogP contribution is 2.49. The van der Waals surface area contributed by atoms with Crippen LogP contribution in [0.25, 0.3) is 16.7 Å².